The molecule has 10 heteroatoms. The zero-order chi connectivity index (χ0) is 20.9. The van der Waals surface area contributed by atoms with Crippen molar-refractivity contribution in [2.24, 2.45) is 0 Å². The summed E-state index contributed by atoms with van der Waals surface area (Å²) in [6.45, 7) is 3.53. The zero-order valence-electron chi connectivity index (χ0n) is 15.4. The van der Waals surface area contributed by atoms with Gasteiger partial charge in [-0.2, -0.15) is 0 Å². The molecule has 1 aliphatic rings. The number of anilines is 2. The van der Waals surface area contributed by atoms with Crippen LogP contribution in [0.5, 0.6) is 0 Å². The maximum atomic E-state index is 13.0. The molecule has 4 rings (SSSR count). The summed E-state index contributed by atoms with van der Waals surface area (Å²) in [6, 6.07) is 8.57. The summed E-state index contributed by atoms with van der Waals surface area (Å²) in [5.41, 5.74) is 0.994. The molecule has 9 nitrogen and oxygen atoms in total. The van der Waals surface area contributed by atoms with Gasteiger partial charge in [-0.3, -0.25) is 29.3 Å². The minimum absolute atomic E-state index is 0.0213. The molecule has 29 heavy (non-hydrogen) atoms. The number of carbonyl (C=O) groups excluding carboxylic acids is 1. The molecule has 4 N–H and O–H groups in total. The van der Waals surface area contributed by atoms with Crippen LogP contribution in [-0.4, -0.2) is 24.5 Å². The average Bonchev–Trinajstić information content (AvgIpc) is 2.99. The number of benzene rings is 2. The van der Waals surface area contributed by atoms with E-state index in [1.54, 1.807) is 13.8 Å². The second-order valence-electron chi connectivity index (χ2n) is 6.78. The van der Waals surface area contributed by atoms with Gasteiger partial charge in [0.15, 0.2) is 0 Å². The Kier molecular flexibility index (Phi) is 4.16. The van der Waals surface area contributed by atoms with Crippen molar-refractivity contribution in [3.05, 3.63) is 68.2 Å². The van der Waals surface area contributed by atoms with Crippen molar-refractivity contribution in [2.45, 2.75) is 18.7 Å². The number of carbonyl (C=O) groups is 1. The molecule has 0 spiro atoms. The molecule has 0 aliphatic carbocycles. The Morgan fingerprint density at radius 2 is 1.69 bits per heavy atom. The lowest BCUT2D eigenvalue weighted by Crippen LogP contribution is -2.21. The summed E-state index contributed by atoms with van der Waals surface area (Å²) in [5, 5.41) is 7.08. The fourth-order valence-electron chi connectivity index (χ4n) is 3.33. The molecule has 0 atom stereocenters. The SMILES string of the molecule is CC(C)=C1C(=O)Nc2ccc(S(=O)(=O)Nc3cccc4c(=O)[nH][nH]c(=O)c34)cc21. The molecule has 148 valence electrons. The number of aromatic nitrogens is 2. The summed E-state index contributed by atoms with van der Waals surface area (Å²) in [6.07, 6.45) is 0. The molecule has 3 aromatic rings. The lowest BCUT2D eigenvalue weighted by molar-refractivity contribution is -0.110. The molecule has 2 aromatic carbocycles. The van der Waals surface area contributed by atoms with Crippen molar-refractivity contribution < 1.29 is 13.2 Å². The summed E-state index contributed by atoms with van der Waals surface area (Å²) < 4.78 is 28.3. The molecule has 0 bridgehead atoms. The first-order chi connectivity index (χ1) is 13.7. The van der Waals surface area contributed by atoms with Gasteiger partial charge in [0, 0.05) is 16.8 Å². The molecular formula is C19H16N4O5S. The van der Waals surface area contributed by atoms with E-state index in [9.17, 15) is 22.8 Å². The normalized spacial score (nSPS) is 13.3. The molecule has 1 amide bonds. The quantitative estimate of drug-likeness (QED) is 0.485. The van der Waals surface area contributed by atoms with Gasteiger partial charge in [0.05, 0.1) is 21.4 Å². The maximum Gasteiger partial charge on any atom is 0.272 e. The van der Waals surface area contributed by atoms with Gasteiger partial charge in [0.25, 0.3) is 27.0 Å². The summed E-state index contributed by atoms with van der Waals surface area (Å²) >= 11 is 0. The number of amides is 1. The minimum Gasteiger partial charge on any atom is -0.321 e. The maximum absolute atomic E-state index is 13.0. The molecule has 0 radical (unpaired) electrons. The van der Waals surface area contributed by atoms with E-state index in [0.29, 0.717) is 16.8 Å². The van der Waals surface area contributed by atoms with Crippen LogP contribution in [0.1, 0.15) is 19.4 Å². The molecule has 0 unspecified atom stereocenters. The van der Waals surface area contributed by atoms with Gasteiger partial charge in [-0.05, 0) is 44.2 Å². The molecule has 1 aliphatic heterocycles. The smallest absolute Gasteiger partial charge is 0.272 e. The number of hydrogen-bond acceptors (Lipinski definition) is 5. The Morgan fingerprint density at radius 3 is 2.41 bits per heavy atom. The third-order valence-electron chi connectivity index (χ3n) is 4.62. The van der Waals surface area contributed by atoms with Crippen molar-refractivity contribution >= 4 is 43.7 Å². The van der Waals surface area contributed by atoms with Crippen LogP contribution in [0, 0.1) is 0 Å². The monoisotopic (exact) mass is 412 g/mol. The van der Waals surface area contributed by atoms with E-state index >= 15 is 0 Å². The fourth-order valence-corrected chi connectivity index (χ4v) is 4.43. The van der Waals surface area contributed by atoms with E-state index in [-0.39, 0.29) is 27.3 Å². The average molecular weight is 412 g/mol. The van der Waals surface area contributed by atoms with Gasteiger partial charge in [-0.25, -0.2) is 8.42 Å². The standard InChI is InChI=1S/C19H16N4O5S/c1-9(2)15-12-8-10(6-7-13(12)20-18(15)25)29(27,28)23-14-5-3-4-11-16(14)19(26)22-21-17(11)24/h3-8,23H,1-2H3,(H,20,25)(H,21,24)(H,22,26). The van der Waals surface area contributed by atoms with Crippen LogP contribution in [0.2, 0.25) is 0 Å². The van der Waals surface area contributed by atoms with Gasteiger partial charge in [-0.15, -0.1) is 0 Å². The van der Waals surface area contributed by atoms with Crippen molar-refractivity contribution in [1.29, 1.82) is 0 Å². The number of fused-ring (bicyclic) bond motifs is 2. The highest BCUT2D eigenvalue weighted by Gasteiger charge is 2.27. The predicted octanol–water partition coefficient (Wildman–Crippen LogP) is 1.76. The Hall–Kier alpha value is -3.66. The second-order valence-corrected chi connectivity index (χ2v) is 8.46. The fraction of sp³-hybridized carbons (Fsp3) is 0.105. The molecular weight excluding hydrogens is 396 g/mol. The van der Waals surface area contributed by atoms with Crippen molar-refractivity contribution in [3.8, 4) is 0 Å². The number of H-pyrrole nitrogens is 2. The highest BCUT2D eigenvalue weighted by atomic mass is 32.2. The van der Waals surface area contributed by atoms with E-state index in [0.717, 1.165) is 5.57 Å². The third-order valence-corrected chi connectivity index (χ3v) is 5.98. The Labute approximate surface area is 164 Å². The van der Waals surface area contributed by atoms with Crippen LogP contribution >= 0.6 is 0 Å². The number of nitrogens with one attached hydrogen (secondary N) is 4. The summed E-state index contributed by atoms with van der Waals surface area (Å²) in [5.74, 6) is -0.290. The van der Waals surface area contributed by atoms with Gasteiger partial charge in [-0.1, -0.05) is 11.6 Å². The van der Waals surface area contributed by atoms with Crippen LogP contribution in [0.3, 0.4) is 0 Å². The van der Waals surface area contributed by atoms with Crippen molar-refractivity contribution in [2.75, 3.05) is 10.0 Å². The number of rotatable bonds is 3. The molecule has 1 aromatic heterocycles. The van der Waals surface area contributed by atoms with Crippen LogP contribution in [0.15, 0.2) is 56.5 Å². The Balaban J connectivity index is 1.83. The van der Waals surface area contributed by atoms with E-state index in [1.807, 2.05) is 0 Å². The Bertz CT molecular complexity index is 1440. The third kappa shape index (κ3) is 3.03. The van der Waals surface area contributed by atoms with Crippen LogP contribution in [0.4, 0.5) is 11.4 Å². The molecule has 0 saturated heterocycles. The minimum atomic E-state index is -4.10. The number of aromatic amines is 2. The van der Waals surface area contributed by atoms with Gasteiger partial charge >= 0.3 is 0 Å². The topological polar surface area (TPSA) is 141 Å². The van der Waals surface area contributed by atoms with Gasteiger partial charge < -0.3 is 5.32 Å². The van der Waals surface area contributed by atoms with E-state index in [2.05, 4.69) is 20.2 Å². The highest BCUT2D eigenvalue weighted by molar-refractivity contribution is 7.92. The molecule has 0 saturated carbocycles. The van der Waals surface area contributed by atoms with Crippen molar-refractivity contribution in [1.82, 2.24) is 10.2 Å². The summed E-state index contributed by atoms with van der Waals surface area (Å²) in [7, 11) is -4.10. The van der Waals surface area contributed by atoms with Crippen LogP contribution in [-0.2, 0) is 14.8 Å². The summed E-state index contributed by atoms with van der Waals surface area (Å²) in [4.78, 5) is 36.2. The molecule has 0 fully saturated rings. The van der Waals surface area contributed by atoms with Gasteiger partial charge in [0.2, 0.25) is 0 Å². The zero-order valence-corrected chi connectivity index (χ0v) is 16.2. The highest BCUT2D eigenvalue weighted by Crippen LogP contribution is 2.35. The second kappa shape index (κ2) is 6.45. The Morgan fingerprint density at radius 1 is 0.966 bits per heavy atom. The van der Waals surface area contributed by atoms with Gasteiger partial charge in [0.1, 0.15) is 0 Å². The lowest BCUT2D eigenvalue weighted by Gasteiger charge is -2.11. The number of allylic oxidation sites excluding steroid dienone is 1. The number of sulfonamides is 1. The van der Waals surface area contributed by atoms with E-state index < -0.39 is 21.1 Å². The van der Waals surface area contributed by atoms with Crippen LogP contribution < -0.4 is 21.2 Å². The van der Waals surface area contributed by atoms with E-state index in [1.165, 1.54) is 36.4 Å². The number of hydrogen-bond donors (Lipinski definition) is 4. The predicted molar refractivity (Wildman–Crippen MR) is 109 cm³/mol. The van der Waals surface area contributed by atoms with Crippen LogP contribution in [0.25, 0.3) is 16.3 Å². The first-order valence-corrected chi connectivity index (χ1v) is 10.1. The largest absolute Gasteiger partial charge is 0.321 e. The van der Waals surface area contributed by atoms with Crippen molar-refractivity contribution in [3.63, 3.8) is 0 Å². The van der Waals surface area contributed by atoms with E-state index in [4.69, 9.17) is 0 Å². The first-order valence-electron chi connectivity index (χ1n) is 8.59. The molecule has 2 heterocycles. The first kappa shape index (κ1) is 18.7. The lowest BCUT2D eigenvalue weighted by atomic mass is 10.0.